The van der Waals surface area contributed by atoms with E-state index >= 15 is 0 Å². The van der Waals surface area contributed by atoms with Gasteiger partial charge in [0.15, 0.2) is 5.76 Å². The van der Waals surface area contributed by atoms with Gasteiger partial charge in [-0.15, -0.1) is 0 Å². The zero-order chi connectivity index (χ0) is 24.0. The molecule has 12 nitrogen and oxygen atoms in total. The number of hydrogen-bond donors (Lipinski definition) is 8. The van der Waals surface area contributed by atoms with Crippen molar-refractivity contribution in [2.75, 3.05) is 6.61 Å². The van der Waals surface area contributed by atoms with Gasteiger partial charge in [-0.1, -0.05) is 6.08 Å². The molecule has 12 heteroatoms. The van der Waals surface area contributed by atoms with E-state index in [1.807, 2.05) is 0 Å². The topological polar surface area (TPSA) is 211 Å². The van der Waals surface area contributed by atoms with Gasteiger partial charge < -0.3 is 54.7 Å². The molecular weight excluding hydrogens is 444 g/mol. The number of aliphatic hydroxyl groups is 6. The van der Waals surface area contributed by atoms with Gasteiger partial charge >= 0.3 is 0 Å². The predicted molar refractivity (Wildman–Crippen MR) is 110 cm³/mol. The lowest BCUT2D eigenvalue weighted by Gasteiger charge is -2.39. The molecule has 33 heavy (non-hydrogen) atoms. The van der Waals surface area contributed by atoms with E-state index in [-0.39, 0.29) is 34.5 Å². The Morgan fingerprint density at radius 2 is 1.73 bits per heavy atom. The number of aromatic hydroxyl groups is 2. The molecule has 0 unspecified atom stereocenters. The van der Waals surface area contributed by atoms with Crippen LogP contribution in [0.5, 0.6) is 17.2 Å². The molecular formula is C21H22O12. The molecule has 0 bridgehead atoms. The molecule has 0 radical (unpaired) electrons. The van der Waals surface area contributed by atoms with Crippen molar-refractivity contribution in [2.24, 2.45) is 0 Å². The second-order valence-electron chi connectivity index (χ2n) is 7.75. The minimum atomic E-state index is -1.84. The molecule has 0 saturated carbocycles. The SMILES string of the molecule is O=c1c(O[C@@H]2O[C@H](CO)[C@@H](O)[C@H](O)[C@H]2O)c(C2=CC=C(O)[C@@H](O)C2)oc2cc(O)cc(O)c12. The van der Waals surface area contributed by atoms with Gasteiger partial charge in [0.2, 0.25) is 17.5 Å². The summed E-state index contributed by atoms with van der Waals surface area (Å²) in [6.07, 6.45) is -7.33. The van der Waals surface area contributed by atoms with E-state index < -0.39 is 66.1 Å². The Balaban J connectivity index is 1.87. The lowest BCUT2D eigenvalue weighted by atomic mass is 9.97. The molecule has 8 N–H and O–H groups in total. The number of ether oxygens (including phenoxy) is 2. The summed E-state index contributed by atoms with van der Waals surface area (Å²) in [5.41, 5.74) is -0.973. The van der Waals surface area contributed by atoms with E-state index in [1.165, 1.54) is 12.2 Å². The fourth-order valence-electron chi connectivity index (χ4n) is 3.71. The van der Waals surface area contributed by atoms with Crippen LogP contribution in [0.4, 0.5) is 0 Å². The highest BCUT2D eigenvalue weighted by molar-refractivity contribution is 5.88. The highest BCUT2D eigenvalue weighted by Gasteiger charge is 2.45. The summed E-state index contributed by atoms with van der Waals surface area (Å²) in [6.45, 7) is -0.731. The van der Waals surface area contributed by atoms with Crippen LogP contribution in [-0.4, -0.2) is 84.3 Å². The number of allylic oxidation sites excluding steroid dienone is 2. The number of rotatable bonds is 4. The highest BCUT2D eigenvalue weighted by atomic mass is 16.7. The summed E-state index contributed by atoms with van der Waals surface area (Å²) < 4.78 is 16.5. The average Bonchev–Trinajstić information content (AvgIpc) is 2.76. The van der Waals surface area contributed by atoms with Gasteiger partial charge in [0.25, 0.3) is 0 Å². The molecule has 178 valence electrons. The minimum absolute atomic E-state index is 0.182. The first kappa shape index (κ1) is 23.0. The summed E-state index contributed by atoms with van der Waals surface area (Å²) in [4.78, 5) is 13.3. The molecule has 1 saturated heterocycles. The monoisotopic (exact) mass is 466 g/mol. The molecule has 0 spiro atoms. The first-order valence-corrected chi connectivity index (χ1v) is 9.90. The lowest BCUT2D eigenvalue weighted by Crippen LogP contribution is -2.60. The summed E-state index contributed by atoms with van der Waals surface area (Å²) in [7, 11) is 0. The zero-order valence-corrected chi connectivity index (χ0v) is 16.9. The van der Waals surface area contributed by atoms with Gasteiger partial charge in [-0.25, -0.2) is 0 Å². The number of phenolic OH excluding ortho intramolecular Hbond substituents is 2. The van der Waals surface area contributed by atoms with E-state index in [4.69, 9.17) is 13.9 Å². The van der Waals surface area contributed by atoms with Crippen molar-refractivity contribution >= 4 is 16.5 Å². The van der Waals surface area contributed by atoms with Crippen molar-refractivity contribution < 1.29 is 54.7 Å². The number of benzene rings is 1. The van der Waals surface area contributed by atoms with Crippen LogP contribution in [0.2, 0.25) is 0 Å². The summed E-state index contributed by atoms with van der Waals surface area (Å²) in [5.74, 6) is -2.20. The van der Waals surface area contributed by atoms with Crippen LogP contribution in [-0.2, 0) is 4.74 Å². The normalized spacial score (nSPS) is 30.1. The van der Waals surface area contributed by atoms with Crippen LogP contribution < -0.4 is 10.2 Å². The third-order valence-electron chi connectivity index (χ3n) is 5.50. The van der Waals surface area contributed by atoms with Crippen molar-refractivity contribution in [3.63, 3.8) is 0 Å². The molecule has 0 amide bonds. The number of fused-ring (bicyclic) bond motifs is 1. The second-order valence-corrected chi connectivity index (χ2v) is 7.75. The average molecular weight is 466 g/mol. The predicted octanol–water partition coefficient (Wildman–Crippen LogP) is -1.03. The Bertz CT molecular complexity index is 1180. The maximum atomic E-state index is 13.3. The maximum Gasteiger partial charge on any atom is 0.239 e. The standard InChI is InChI=1S/C21H22O12/c22-6-13-15(27)17(29)18(30)21(32-13)33-20-16(28)14-11(26)4-8(23)5-12(14)31-19(20)7-1-2-9(24)10(25)3-7/h1-2,4-5,10,13,15,17-18,21-27,29-30H,3,6H2/t10-,13+,15+,17-,18+,21-/m0/s1. The molecule has 1 aromatic carbocycles. The second kappa shape index (κ2) is 8.67. The Morgan fingerprint density at radius 3 is 2.39 bits per heavy atom. The summed E-state index contributed by atoms with van der Waals surface area (Å²) in [6, 6.07) is 1.98. The molecule has 6 atom stereocenters. The smallest absolute Gasteiger partial charge is 0.239 e. The third-order valence-corrected chi connectivity index (χ3v) is 5.50. The van der Waals surface area contributed by atoms with Gasteiger partial charge in [0, 0.05) is 24.1 Å². The van der Waals surface area contributed by atoms with E-state index in [2.05, 4.69) is 0 Å². The largest absolute Gasteiger partial charge is 0.510 e. The molecule has 1 aliphatic carbocycles. The number of phenols is 2. The first-order chi connectivity index (χ1) is 15.6. The number of aliphatic hydroxyl groups excluding tert-OH is 6. The molecule has 1 aliphatic heterocycles. The molecule has 1 aromatic heterocycles. The fourth-order valence-corrected chi connectivity index (χ4v) is 3.71. The van der Waals surface area contributed by atoms with Gasteiger partial charge in [-0.2, -0.15) is 0 Å². The van der Waals surface area contributed by atoms with Gasteiger partial charge in [-0.3, -0.25) is 4.79 Å². The molecule has 2 aliphatic rings. The third kappa shape index (κ3) is 4.04. The highest BCUT2D eigenvalue weighted by Crippen LogP contribution is 2.37. The molecule has 1 fully saturated rings. The molecule has 2 heterocycles. The lowest BCUT2D eigenvalue weighted by molar-refractivity contribution is -0.277. The number of hydrogen-bond acceptors (Lipinski definition) is 12. The van der Waals surface area contributed by atoms with Crippen LogP contribution in [0.25, 0.3) is 16.5 Å². The van der Waals surface area contributed by atoms with Gasteiger partial charge in [-0.05, 0) is 6.08 Å². The fraction of sp³-hybridized carbons (Fsp3) is 0.381. The first-order valence-electron chi connectivity index (χ1n) is 9.90. The quantitative estimate of drug-likeness (QED) is 0.272. The van der Waals surface area contributed by atoms with Crippen LogP contribution in [0.3, 0.4) is 0 Å². The van der Waals surface area contributed by atoms with Gasteiger partial charge in [0.1, 0.15) is 58.7 Å². The minimum Gasteiger partial charge on any atom is -0.510 e. The Morgan fingerprint density at radius 1 is 1.00 bits per heavy atom. The van der Waals surface area contributed by atoms with Crippen LogP contribution >= 0.6 is 0 Å². The molecule has 2 aromatic rings. The Kier molecular flexibility index (Phi) is 6.05. The Labute approximate surface area is 185 Å². The van der Waals surface area contributed by atoms with E-state index in [0.717, 1.165) is 12.1 Å². The van der Waals surface area contributed by atoms with Crippen LogP contribution in [0, 0.1) is 0 Å². The Hall–Kier alpha value is -3.13. The molecule has 4 rings (SSSR count). The van der Waals surface area contributed by atoms with E-state index in [0.29, 0.717) is 0 Å². The summed E-state index contributed by atoms with van der Waals surface area (Å²) >= 11 is 0. The van der Waals surface area contributed by atoms with Crippen molar-refractivity contribution in [3.8, 4) is 17.2 Å². The van der Waals surface area contributed by atoms with Gasteiger partial charge in [0.05, 0.1) is 6.61 Å². The van der Waals surface area contributed by atoms with Crippen molar-refractivity contribution in [2.45, 2.75) is 43.2 Å². The van der Waals surface area contributed by atoms with Crippen LogP contribution in [0.15, 0.2) is 39.3 Å². The van der Waals surface area contributed by atoms with E-state index in [9.17, 15) is 45.6 Å². The van der Waals surface area contributed by atoms with Crippen LogP contribution in [0.1, 0.15) is 12.2 Å². The van der Waals surface area contributed by atoms with Crippen molar-refractivity contribution in [1.29, 1.82) is 0 Å². The summed E-state index contributed by atoms with van der Waals surface area (Å²) in [5, 5.41) is 78.9. The maximum absolute atomic E-state index is 13.3. The van der Waals surface area contributed by atoms with Crippen molar-refractivity contribution in [1.82, 2.24) is 0 Å². The van der Waals surface area contributed by atoms with Crippen molar-refractivity contribution in [3.05, 3.63) is 46.0 Å². The van der Waals surface area contributed by atoms with E-state index in [1.54, 1.807) is 0 Å². The zero-order valence-electron chi connectivity index (χ0n) is 16.9.